The summed E-state index contributed by atoms with van der Waals surface area (Å²) in [6, 6.07) is 6.94. The van der Waals surface area contributed by atoms with Crippen molar-refractivity contribution in [1.29, 1.82) is 0 Å². The lowest BCUT2D eigenvalue weighted by atomic mass is 10.1. The Balaban J connectivity index is 2.06. The molecule has 0 spiro atoms. The van der Waals surface area contributed by atoms with Crippen LogP contribution in [0.4, 0.5) is 0 Å². The van der Waals surface area contributed by atoms with Gasteiger partial charge in [0, 0.05) is 31.3 Å². The fourth-order valence-electron chi connectivity index (χ4n) is 2.56. The van der Waals surface area contributed by atoms with E-state index in [1.165, 1.54) is 6.08 Å². The molecule has 0 aliphatic carbocycles. The average Bonchev–Trinajstić information content (AvgIpc) is 2.94. The predicted molar refractivity (Wildman–Crippen MR) is 78.8 cm³/mol. The Morgan fingerprint density at radius 3 is 2.90 bits per heavy atom. The number of rotatable bonds is 5. The van der Waals surface area contributed by atoms with Crippen LogP contribution < -0.4 is 0 Å². The molecule has 1 fully saturated rings. The molecule has 1 saturated heterocycles. The molecule has 112 valence electrons. The number of aliphatic hydroxyl groups excluding tert-OH is 1. The quantitative estimate of drug-likeness (QED) is 0.808. The van der Waals surface area contributed by atoms with E-state index in [4.69, 9.17) is 10.2 Å². The van der Waals surface area contributed by atoms with E-state index in [0.29, 0.717) is 30.1 Å². The van der Waals surface area contributed by atoms with Gasteiger partial charge in [0.15, 0.2) is 0 Å². The molecular weight excluding hydrogens is 270 g/mol. The summed E-state index contributed by atoms with van der Waals surface area (Å²) < 4.78 is 0. The molecule has 5 heteroatoms. The van der Waals surface area contributed by atoms with Crippen molar-refractivity contribution in [2.75, 3.05) is 19.7 Å². The minimum absolute atomic E-state index is 0.0407. The Morgan fingerprint density at radius 2 is 2.19 bits per heavy atom. The maximum atomic E-state index is 12.4. The van der Waals surface area contributed by atoms with Crippen molar-refractivity contribution in [1.82, 2.24) is 4.90 Å². The molecular formula is C16H19NO4. The monoisotopic (exact) mass is 289 g/mol. The molecule has 21 heavy (non-hydrogen) atoms. The highest BCUT2D eigenvalue weighted by atomic mass is 16.4. The van der Waals surface area contributed by atoms with E-state index in [-0.39, 0.29) is 12.5 Å². The molecule has 1 amide bonds. The number of amides is 1. The molecule has 1 unspecified atom stereocenters. The number of hydrogen-bond acceptors (Lipinski definition) is 3. The van der Waals surface area contributed by atoms with Crippen molar-refractivity contribution in [2.45, 2.75) is 12.8 Å². The molecule has 0 aromatic heterocycles. The molecule has 1 heterocycles. The number of aliphatic hydroxyl groups is 1. The Labute approximate surface area is 123 Å². The third-order valence-corrected chi connectivity index (χ3v) is 3.66. The second-order valence-electron chi connectivity index (χ2n) is 5.22. The van der Waals surface area contributed by atoms with Gasteiger partial charge >= 0.3 is 5.97 Å². The van der Waals surface area contributed by atoms with E-state index in [1.807, 2.05) is 0 Å². The molecule has 1 atom stereocenters. The molecule has 1 aromatic carbocycles. The van der Waals surface area contributed by atoms with Crippen molar-refractivity contribution >= 4 is 18.0 Å². The number of benzene rings is 1. The van der Waals surface area contributed by atoms with Crippen molar-refractivity contribution in [3.05, 3.63) is 41.5 Å². The van der Waals surface area contributed by atoms with Gasteiger partial charge in [-0.25, -0.2) is 4.79 Å². The first-order valence-corrected chi connectivity index (χ1v) is 7.01. The van der Waals surface area contributed by atoms with Crippen LogP contribution in [-0.4, -0.2) is 46.7 Å². The first-order chi connectivity index (χ1) is 10.1. The Kier molecular flexibility index (Phi) is 5.11. The summed E-state index contributed by atoms with van der Waals surface area (Å²) >= 11 is 0. The second-order valence-corrected chi connectivity index (χ2v) is 5.22. The summed E-state index contributed by atoms with van der Waals surface area (Å²) in [7, 11) is 0. The maximum absolute atomic E-state index is 12.4. The molecule has 0 radical (unpaired) electrons. The van der Waals surface area contributed by atoms with Crippen molar-refractivity contribution < 1.29 is 19.8 Å². The third-order valence-electron chi connectivity index (χ3n) is 3.66. The lowest BCUT2D eigenvalue weighted by molar-refractivity contribution is -0.131. The molecule has 0 saturated carbocycles. The van der Waals surface area contributed by atoms with Gasteiger partial charge in [0.05, 0.1) is 0 Å². The van der Waals surface area contributed by atoms with E-state index in [1.54, 1.807) is 29.2 Å². The van der Waals surface area contributed by atoms with E-state index in [2.05, 4.69) is 0 Å². The number of nitrogens with zero attached hydrogens (tertiary/aromatic N) is 1. The highest BCUT2D eigenvalue weighted by Gasteiger charge is 2.26. The number of aliphatic carboxylic acids is 1. The summed E-state index contributed by atoms with van der Waals surface area (Å²) in [5.41, 5.74) is 1.25. The Morgan fingerprint density at radius 1 is 1.38 bits per heavy atom. The first kappa shape index (κ1) is 15.3. The third kappa shape index (κ3) is 4.16. The number of likely N-dealkylation sites (tertiary alicyclic amines) is 1. The normalized spacial score (nSPS) is 18.3. The van der Waals surface area contributed by atoms with Crippen LogP contribution in [0.15, 0.2) is 30.3 Å². The largest absolute Gasteiger partial charge is 0.478 e. The van der Waals surface area contributed by atoms with Crippen LogP contribution in [0.1, 0.15) is 28.8 Å². The van der Waals surface area contributed by atoms with Gasteiger partial charge in [-0.05, 0) is 42.5 Å². The van der Waals surface area contributed by atoms with Gasteiger partial charge in [-0.2, -0.15) is 0 Å². The lowest BCUT2D eigenvalue weighted by Crippen LogP contribution is -2.28. The van der Waals surface area contributed by atoms with Crippen LogP contribution in [0.25, 0.3) is 6.08 Å². The van der Waals surface area contributed by atoms with Gasteiger partial charge in [-0.3, -0.25) is 4.79 Å². The SMILES string of the molecule is O=C(O)/C=C/c1cccc(C(=O)N2CCC(CCO)C2)c1. The summed E-state index contributed by atoms with van der Waals surface area (Å²) in [5, 5.41) is 17.6. The smallest absolute Gasteiger partial charge is 0.328 e. The van der Waals surface area contributed by atoms with E-state index < -0.39 is 5.97 Å². The molecule has 5 nitrogen and oxygen atoms in total. The van der Waals surface area contributed by atoms with Crippen LogP contribution in [0.5, 0.6) is 0 Å². The summed E-state index contributed by atoms with van der Waals surface area (Å²) in [6.07, 6.45) is 4.17. The van der Waals surface area contributed by atoms with Crippen LogP contribution in [0.3, 0.4) is 0 Å². The summed E-state index contributed by atoms with van der Waals surface area (Å²) in [5.74, 6) is -0.687. The Hall–Kier alpha value is -2.14. The molecule has 1 aliphatic rings. The van der Waals surface area contributed by atoms with Crippen molar-refractivity contribution in [3.63, 3.8) is 0 Å². The number of carboxylic acid groups (broad SMARTS) is 1. The van der Waals surface area contributed by atoms with Gasteiger partial charge in [-0.15, -0.1) is 0 Å². The van der Waals surface area contributed by atoms with Crippen LogP contribution in [0, 0.1) is 5.92 Å². The highest BCUT2D eigenvalue weighted by molar-refractivity contribution is 5.95. The number of hydrogen-bond donors (Lipinski definition) is 2. The molecule has 1 aromatic rings. The second kappa shape index (κ2) is 7.04. The first-order valence-electron chi connectivity index (χ1n) is 7.01. The minimum Gasteiger partial charge on any atom is -0.478 e. The van der Waals surface area contributed by atoms with E-state index in [0.717, 1.165) is 18.9 Å². The zero-order valence-corrected chi connectivity index (χ0v) is 11.7. The fourth-order valence-corrected chi connectivity index (χ4v) is 2.56. The zero-order valence-electron chi connectivity index (χ0n) is 11.7. The summed E-state index contributed by atoms with van der Waals surface area (Å²) in [4.78, 5) is 24.7. The molecule has 2 N–H and O–H groups in total. The van der Waals surface area contributed by atoms with E-state index >= 15 is 0 Å². The topological polar surface area (TPSA) is 77.8 Å². The van der Waals surface area contributed by atoms with Gasteiger partial charge in [0.1, 0.15) is 0 Å². The van der Waals surface area contributed by atoms with Gasteiger partial charge in [-0.1, -0.05) is 12.1 Å². The molecule has 2 rings (SSSR count). The zero-order chi connectivity index (χ0) is 15.2. The van der Waals surface area contributed by atoms with Crippen LogP contribution in [-0.2, 0) is 4.79 Å². The molecule has 1 aliphatic heterocycles. The number of carbonyl (C=O) groups excluding carboxylic acids is 1. The van der Waals surface area contributed by atoms with Crippen LogP contribution in [0.2, 0.25) is 0 Å². The fraction of sp³-hybridized carbons (Fsp3) is 0.375. The van der Waals surface area contributed by atoms with Crippen molar-refractivity contribution in [3.8, 4) is 0 Å². The lowest BCUT2D eigenvalue weighted by Gasteiger charge is -2.16. The van der Waals surface area contributed by atoms with Gasteiger partial charge < -0.3 is 15.1 Å². The molecule has 0 bridgehead atoms. The van der Waals surface area contributed by atoms with Gasteiger partial charge in [0.25, 0.3) is 5.91 Å². The van der Waals surface area contributed by atoms with Crippen molar-refractivity contribution in [2.24, 2.45) is 5.92 Å². The minimum atomic E-state index is -1.02. The maximum Gasteiger partial charge on any atom is 0.328 e. The Bertz CT molecular complexity index is 553. The number of carboxylic acids is 1. The number of carbonyl (C=O) groups is 2. The van der Waals surface area contributed by atoms with E-state index in [9.17, 15) is 9.59 Å². The standard InChI is InChI=1S/C16H19NO4/c18-9-7-13-6-8-17(11-13)16(21)14-3-1-2-12(10-14)4-5-15(19)20/h1-5,10,13,18H,6-9,11H2,(H,19,20)/b5-4+. The average molecular weight is 289 g/mol. The highest BCUT2D eigenvalue weighted by Crippen LogP contribution is 2.21. The van der Waals surface area contributed by atoms with Gasteiger partial charge in [0.2, 0.25) is 0 Å². The predicted octanol–water partition coefficient (Wildman–Crippen LogP) is 1.63. The van der Waals surface area contributed by atoms with Crippen LogP contribution >= 0.6 is 0 Å². The summed E-state index contributed by atoms with van der Waals surface area (Å²) in [6.45, 7) is 1.54.